The number of rotatable bonds is 2. The van der Waals surface area contributed by atoms with Crippen LogP contribution in [-0.4, -0.2) is 11.5 Å². The van der Waals surface area contributed by atoms with Gasteiger partial charge in [0.2, 0.25) is 0 Å². The summed E-state index contributed by atoms with van der Waals surface area (Å²) in [6.07, 6.45) is 1.12. The highest BCUT2D eigenvalue weighted by Gasteiger charge is 2.25. The van der Waals surface area contributed by atoms with Crippen molar-refractivity contribution < 1.29 is 0 Å². The van der Waals surface area contributed by atoms with Crippen LogP contribution in [0.4, 0.5) is 5.82 Å². The van der Waals surface area contributed by atoms with Crippen LogP contribution in [0.2, 0.25) is 0 Å². The van der Waals surface area contributed by atoms with Crippen molar-refractivity contribution in [2.24, 2.45) is 5.73 Å². The zero-order valence-electron chi connectivity index (χ0n) is 11.4. The molecule has 1 unspecified atom stereocenters. The van der Waals surface area contributed by atoms with E-state index in [0.717, 1.165) is 30.0 Å². The summed E-state index contributed by atoms with van der Waals surface area (Å²) in [6, 6.07) is 6.83. The molecule has 0 aliphatic carbocycles. The molecule has 0 fully saturated rings. The van der Waals surface area contributed by atoms with Gasteiger partial charge in [0.25, 0.3) is 0 Å². The fraction of sp³-hybridized carbons (Fsp3) is 0.400. The molecule has 0 aromatic carbocycles. The normalized spacial score (nSPS) is 18.5. The molecule has 2 aromatic heterocycles. The number of nitrogens with two attached hydrogens (primary N) is 1. The van der Waals surface area contributed by atoms with E-state index in [1.54, 1.807) is 0 Å². The van der Waals surface area contributed by atoms with Gasteiger partial charge in [0.05, 0.1) is 6.04 Å². The van der Waals surface area contributed by atoms with Crippen molar-refractivity contribution in [2.75, 3.05) is 11.4 Å². The third-order valence-corrected chi connectivity index (χ3v) is 4.80. The Morgan fingerprint density at radius 1 is 1.47 bits per heavy atom. The second-order valence-electron chi connectivity index (χ2n) is 5.10. The second kappa shape index (κ2) is 4.94. The molecule has 0 spiro atoms. The lowest BCUT2D eigenvalue weighted by Gasteiger charge is -2.35. The molecule has 1 aliphatic rings. The molecule has 0 bridgehead atoms. The summed E-state index contributed by atoms with van der Waals surface area (Å²) < 4.78 is 0. The molecule has 3 nitrogen and oxygen atoms in total. The molecule has 4 heteroatoms. The van der Waals surface area contributed by atoms with E-state index >= 15 is 0 Å². The van der Waals surface area contributed by atoms with Crippen LogP contribution >= 0.6 is 11.3 Å². The van der Waals surface area contributed by atoms with Crippen LogP contribution in [0.15, 0.2) is 23.6 Å². The summed E-state index contributed by atoms with van der Waals surface area (Å²) in [5.41, 5.74) is 9.42. The molecular weight excluding hydrogens is 254 g/mol. The largest absolute Gasteiger partial charge is 0.349 e. The Balaban J connectivity index is 1.97. The van der Waals surface area contributed by atoms with Crippen molar-refractivity contribution in [1.29, 1.82) is 0 Å². The van der Waals surface area contributed by atoms with Gasteiger partial charge in [-0.3, -0.25) is 0 Å². The van der Waals surface area contributed by atoms with Gasteiger partial charge in [-0.2, -0.15) is 0 Å². The van der Waals surface area contributed by atoms with Gasteiger partial charge >= 0.3 is 0 Å². The Morgan fingerprint density at radius 3 is 3.11 bits per heavy atom. The van der Waals surface area contributed by atoms with E-state index in [1.807, 2.05) is 18.3 Å². The summed E-state index contributed by atoms with van der Waals surface area (Å²) in [5, 5.41) is 2.19. The zero-order chi connectivity index (χ0) is 13.4. The van der Waals surface area contributed by atoms with Gasteiger partial charge in [0.15, 0.2) is 0 Å². The van der Waals surface area contributed by atoms with Crippen molar-refractivity contribution in [3.8, 4) is 0 Å². The van der Waals surface area contributed by atoms with Crippen molar-refractivity contribution in [2.45, 2.75) is 32.9 Å². The Morgan fingerprint density at radius 2 is 2.32 bits per heavy atom. The van der Waals surface area contributed by atoms with Crippen LogP contribution in [0.1, 0.15) is 34.7 Å². The maximum absolute atomic E-state index is 5.77. The quantitative estimate of drug-likeness (QED) is 0.914. The first kappa shape index (κ1) is 12.6. The van der Waals surface area contributed by atoms with Crippen molar-refractivity contribution in [1.82, 2.24) is 4.98 Å². The van der Waals surface area contributed by atoms with Crippen LogP contribution in [0, 0.1) is 6.92 Å². The minimum absolute atomic E-state index is 0.398. The lowest BCUT2D eigenvalue weighted by molar-refractivity contribution is 0.623. The number of aromatic nitrogens is 1. The summed E-state index contributed by atoms with van der Waals surface area (Å²) >= 11 is 1.87. The smallest absolute Gasteiger partial charge is 0.129 e. The van der Waals surface area contributed by atoms with Gasteiger partial charge in [0, 0.05) is 23.7 Å². The van der Waals surface area contributed by atoms with E-state index in [1.165, 1.54) is 10.4 Å². The molecule has 3 rings (SSSR count). The third-order valence-electron chi connectivity index (χ3n) is 3.81. The number of hydrogen-bond donors (Lipinski definition) is 1. The first-order valence-electron chi connectivity index (χ1n) is 6.69. The van der Waals surface area contributed by atoms with E-state index < -0.39 is 0 Å². The molecule has 0 amide bonds. The Kier molecular flexibility index (Phi) is 3.29. The van der Waals surface area contributed by atoms with E-state index in [0.29, 0.717) is 12.6 Å². The van der Waals surface area contributed by atoms with Gasteiger partial charge in [-0.1, -0.05) is 0 Å². The minimum atomic E-state index is 0.398. The Bertz CT molecular complexity index is 591. The van der Waals surface area contributed by atoms with Gasteiger partial charge < -0.3 is 10.6 Å². The van der Waals surface area contributed by atoms with Crippen molar-refractivity contribution in [3.05, 3.63) is 45.3 Å². The monoisotopic (exact) mass is 273 g/mol. The number of nitrogens with zero attached hydrogens (tertiary/aromatic N) is 2. The zero-order valence-corrected chi connectivity index (χ0v) is 12.2. The highest BCUT2D eigenvalue weighted by atomic mass is 32.1. The summed E-state index contributed by atoms with van der Waals surface area (Å²) in [5.74, 6) is 1.06. The number of hydrogen-bond acceptors (Lipinski definition) is 4. The predicted molar refractivity (Wildman–Crippen MR) is 80.6 cm³/mol. The van der Waals surface area contributed by atoms with Crippen LogP contribution in [0.3, 0.4) is 0 Å². The van der Waals surface area contributed by atoms with Gasteiger partial charge in [-0.15, -0.1) is 11.3 Å². The molecule has 100 valence electrons. The summed E-state index contributed by atoms with van der Waals surface area (Å²) in [7, 11) is 0. The van der Waals surface area contributed by atoms with Gasteiger partial charge in [0.1, 0.15) is 5.82 Å². The SMILES string of the molecule is Cc1cc(CN)cc(N2CCc3sccc3C2C)n1. The summed E-state index contributed by atoms with van der Waals surface area (Å²) in [6.45, 7) is 5.90. The number of pyridine rings is 1. The second-order valence-corrected chi connectivity index (χ2v) is 6.10. The lowest BCUT2D eigenvalue weighted by atomic mass is 10.0. The fourth-order valence-corrected chi connectivity index (χ4v) is 3.77. The lowest BCUT2D eigenvalue weighted by Crippen LogP contribution is -2.33. The van der Waals surface area contributed by atoms with Gasteiger partial charge in [-0.05, 0) is 55.0 Å². The highest BCUT2D eigenvalue weighted by molar-refractivity contribution is 7.10. The molecule has 0 radical (unpaired) electrons. The van der Waals surface area contributed by atoms with E-state index in [9.17, 15) is 0 Å². The average Bonchev–Trinajstić information content (AvgIpc) is 2.87. The van der Waals surface area contributed by atoms with Crippen LogP contribution in [0.25, 0.3) is 0 Å². The Labute approximate surface area is 118 Å². The maximum Gasteiger partial charge on any atom is 0.129 e. The Hall–Kier alpha value is -1.39. The number of thiophene rings is 1. The molecule has 19 heavy (non-hydrogen) atoms. The first-order valence-corrected chi connectivity index (χ1v) is 7.57. The van der Waals surface area contributed by atoms with Crippen molar-refractivity contribution in [3.63, 3.8) is 0 Å². The molecule has 0 saturated heterocycles. The van der Waals surface area contributed by atoms with Crippen molar-refractivity contribution >= 4 is 17.2 Å². The molecule has 1 atom stereocenters. The van der Waals surface area contributed by atoms with Gasteiger partial charge in [-0.25, -0.2) is 4.98 Å². The van der Waals surface area contributed by atoms with Crippen LogP contribution < -0.4 is 10.6 Å². The summed E-state index contributed by atoms with van der Waals surface area (Å²) in [4.78, 5) is 8.60. The van der Waals surface area contributed by atoms with E-state index in [2.05, 4.69) is 40.4 Å². The highest BCUT2D eigenvalue weighted by Crippen LogP contribution is 2.35. The minimum Gasteiger partial charge on any atom is -0.349 e. The van der Waals surface area contributed by atoms with E-state index in [4.69, 9.17) is 5.73 Å². The maximum atomic E-state index is 5.77. The van der Waals surface area contributed by atoms with Crippen LogP contribution in [-0.2, 0) is 13.0 Å². The molecule has 2 aromatic rings. The fourth-order valence-electron chi connectivity index (χ4n) is 2.81. The number of aryl methyl sites for hydroxylation is 1. The van der Waals surface area contributed by atoms with E-state index in [-0.39, 0.29) is 0 Å². The number of anilines is 1. The average molecular weight is 273 g/mol. The molecule has 0 saturated carbocycles. The topological polar surface area (TPSA) is 42.1 Å². The number of fused-ring (bicyclic) bond motifs is 1. The molecular formula is C15H19N3S. The molecule has 2 N–H and O–H groups in total. The predicted octanol–water partition coefficient (Wildman–Crippen LogP) is 3.03. The molecule has 1 aliphatic heterocycles. The van der Waals surface area contributed by atoms with Crippen LogP contribution in [0.5, 0.6) is 0 Å². The standard InChI is InChI=1S/C15H19N3S/c1-10-7-12(9-16)8-15(17-10)18-5-3-14-13(11(18)2)4-6-19-14/h4,6-8,11H,3,5,9,16H2,1-2H3. The first-order chi connectivity index (χ1) is 9.19. The molecule has 3 heterocycles. The third kappa shape index (κ3) is 2.26.